The predicted octanol–water partition coefficient (Wildman–Crippen LogP) is 5.13. The van der Waals surface area contributed by atoms with Crippen molar-refractivity contribution in [3.05, 3.63) is 78.0 Å². The third-order valence-corrected chi connectivity index (χ3v) is 5.43. The van der Waals surface area contributed by atoms with E-state index in [-0.39, 0.29) is 12.1 Å². The van der Waals surface area contributed by atoms with E-state index in [0.717, 1.165) is 16.9 Å². The number of aromatic nitrogens is 2. The van der Waals surface area contributed by atoms with Crippen LogP contribution < -0.4 is 15.0 Å². The number of nitrogens with zero attached hydrogens (tertiary/aromatic N) is 3. The molecule has 1 amide bonds. The lowest BCUT2D eigenvalue weighted by Gasteiger charge is -2.29. The number of methoxy groups -OCH3 is 1. The van der Waals surface area contributed by atoms with Gasteiger partial charge in [0, 0.05) is 6.20 Å². The monoisotopic (exact) mass is 418 g/mol. The Morgan fingerprint density at radius 3 is 2.48 bits per heavy atom. The second-order valence-corrected chi connectivity index (χ2v) is 8.03. The number of cyclic esters (lactones) is 1. The minimum Gasteiger partial charge on any atom is -0.497 e. The van der Waals surface area contributed by atoms with Crippen LogP contribution in [0.25, 0.3) is 0 Å². The van der Waals surface area contributed by atoms with Crippen LogP contribution >= 0.6 is 0 Å². The van der Waals surface area contributed by atoms with Gasteiger partial charge < -0.3 is 14.8 Å². The van der Waals surface area contributed by atoms with Crippen molar-refractivity contribution >= 4 is 17.9 Å². The zero-order valence-electron chi connectivity index (χ0n) is 18.1. The molecule has 0 bridgehead atoms. The van der Waals surface area contributed by atoms with Crippen molar-refractivity contribution < 1.29 is 14.3 Å². The molecule has 0 radical (unpaired) electrons. The first kappa shape index (κ1) is 20.7. The summed E-state index contributed by atoms with van der Waals surface area (Å²) in [6.45, 7) is 5.84. The second kappa shape index (κ2) is 8.26. The highest BCUT2D eigenvalue weighted by Gasteiger charge is 2.50. The van der Waals surface area contributed by atoms with Crippen LogP contribution in [0.5, 0.6) is 5.75 Å². The van der Waals surface area contributed by atoms with E-state index in [0.29, 0.717) is 11.8 Å². The molecule has 7 heteroatoms. The summed E-state index contributed by atoms with van der Waals surface area (Å²) in [5.74, 6) is 1.68. The summed E-state index contributed by atoms with van der Waals surface area (Å²) in [5.41, 5.74) is 1.32. The Morgan fingerprint density at radius 2 is 1.81 bits per heavy atom. The lowest BCUT2D eigenvalue weighted by Crippen LogP contribution is -2.34. The lowest BCUT2D eigenvalue weighted by atomic mass is 9.91. The molecule has 1 N–H and O–H groups in total. The fourth-order valence-corrected chi connectivity index (χ4v) is 3.88. The van der Waals surface area contributed by atoms with Crippen molar-refractivity contribution in [3.63, 3.8) is 0 Å². The van der Waals surface area contributed by atoms with Gasteiger partial charge in [-0.15, -0.1) is 0 Å². The van der Waals surface area contributed by atoms with Crippen LogP contribution in [0.15, 0.2) is 66.9 Å². The molecular weight excluding hydrogens is 392 g/mol. The van der Waals surface area contributed by atoms with Crippen LogP contribution in [0.4, 0.5) is 16.6 Å². The molecule has 31 heavy (non-hydrogen) atoms. The summed E-state index contributed by atoms with van der Waals surface area (Å²) in [7, 11) is 1.62. The Kier molecular flexibility index (Phi) is 5.50. The first-order valence-electron chi connectivity index (χ1n) is 10.2. The van der Waals surface area contributed by atoms with Gasteiger partial charge in [0.25, 0.3) is 0 Å². The molecule has 0 aliphatic carbocycles. The summed E-state index contributed by atoms with van der Waals surface area (Å²) in [6.07, 6.45) is 1.21. The van der Waals surface area contributed by atoms with E-state index in [9.17, 15) is 4.79 Å². The van der Waals surface area contributed by atoms with E-state index in [1.54, 1.807) is 24.3 Å². The molecule has 2 aromatic carbocycles. The van der Waals surface area contributed by atoms with Gasteiger partial charge in [-0.2, -0.15) is 4.98 Å². The van der Waals surface area contributed by atoms with Crippen LogP contribution in [-0.2, 0) is 4.74 Å². The molecule has 1 aliphatic heterocycles. The summed E-state index contributed by atoms with van der Waals surface area (Å²) >= 11 is 0. The van der Waals surface area contributed by atoms with E-state index >= 15 is 0 Å². The fraction of sp³-hybridized carbons (Fsp3) is 0.292. The van der Waals surface area contributed by atoms with Gasteiger partial charge in [-0.1, -0.05) is 42.5 Å². The van der Waals surface area contributed by atoms with Gasteiger partial charge in [-0.3, -0.25) is 0 Å². The molecule has 2 heterocycles. The topological polar surface area (TPSA) is 76.6 Å². The largest absolute Gasteiger partial charge is 0.497 e. The van der Waals surface area contributed by atoms with Crippen molar-refractivity contribution in [2.24, 2.45) is 0 Å². The third kappa shape index (κ3) is 4.17. The van der Waals surface area contributed by atoms with Gasteiger partial charge in [0.05, 0.1) is 13.2 Å². The number of carbonyl (C=O) groups excluding carboxylic acids is 1. The van der Waals surface area contributed by atoms with E-state index in [4.69, 9.17) is 9.47 Å². The Morgan fingerprint density at radius 1 is 1.10 bits per heavy atom. The second-order valence-electron chi connectivity index (χ2n) is 8.03. The number of rotatable bonds is 6. The van der Waals surface area contributed by atoms with Gasteiger partial charge in [-0.25, -0.2) is 14.7 Å². The van der Waals surface area contributed by atoms with Crippen LogP contribution in [0.3, 0.4) is 0 Å². The molecule has 2 atom stereocenters. The SMILES string of the molecule is COc1ccc(C2N(c3ccnc(N[C@@H](C)c4ccccc4)n3)C(=O)OC2(C)C)cc1. The van der Waals surface area contributed by atoms with E-state index in [1.165, 1.54) is 0 Å². The van der Waals surface area contributed by atoms with Gasteiger partial charge >= 0.3 is 6.09 Å². The third-order valence-electron chi connectivity index (χ3n) is 5.43. The summed E-state index contributed by atoms with van der Waals surface area (Å²) < 4.78 is 11.0. The minimum absolute atomic E-state index is 0.0100. The average Bonchev–Trinajstić information content (AvgIpc) is 3.02. The minimum atomic E-state index is -0.735. The molecule has 7 nitrogen and oxygen atoms in total. The summed E-state index contributed by atoms with van der Waals surface area (Å²) in [5, 5.41) is 3.31. The smallest absolute Gasteiger partial charge is 0.416 e. The van der Waals surface area contributed by atoms with Gasteiger partial charge in [0.1, 0.15) is 23.2 Å². The average molecular weight is 418 g/mol. The lowest BCUT2D eigenvalue weighted by molar-refractivity contribution is 0.0685. The Bertz CT molecular complexity index is 1050. The summed E-state index contributed by atoms with van der Waals surface area (Å²) in [4.78, 5) is 23.4. The van der Waals surface area contributed by atoms with E-state index in [1.807, 2.05) is 75.4 Å². The summed E-state index contributed by atoms with van der Waals surface area (Å²) in [6, 6.07) is 19.1. The first-order valence-corrected chi connectivity index (χ1v) is 10.2. The maximum atomic E-state index is 12.9. The zero-order chi connectivity index (χ0) is 22.0. The number of hydrogen-bond acceptors (Lipinski definition) is 6. The van der Waals surface area contributed by atoms with Gasteiger partial charge in [0.15, 0.2) is 0 Å². The Labute approximate surface area is 182 Å². The van der Waals surface area contributed by atoms with Crippen molar-refractivity contribution in [1.82, 2.24) is 9.97 Å². The first-order chi connectivity index (χ1) is 14.9. The van der Waals surface area contributed by atoms with Crippen LogP contribution in [0.2, 0.25) is 0 Å². The number of nitrogens with one attached hydrogen (secondary N) is 1. The number of ether oxygens (including phenoxy) is 2. The van der Waals surface area contributed by atoms with Gasteiger partial charge in [0.2, 0.25) is 5.95 Å². The molecule has 160 valence electrons. The predicted molar refractivity (Wildman–Crippen MR) is 119 cm³/mol. The number of amides is 1. The molecule has 0 saturated carbocycles. The number of anilines is 2. The zero-order valence-corrected chi connectivity index (χ0v) is 18.1. The quantitative estimate of drug-likeness (QED) is 0.598. The highest BCUT2D eigenvalue weighted by Crippen LogP contribution is 2.43. The van der Waals surface area contributed by atoms with Crippen LogP contribution in [0, 0.1) is 0 Å². The molecule has 1 unspecified atom stereocenters. The standard InChI is InChI=1S/C24H26N4O3/c1-16(17-8-6-5-7-9-17)26-22-25-15-14-20(27-22)28-21(24(2,3)31-23(28)29)18-10-12-19(30-4)13-11-18/h5-16,21H,1-4H3,(H,25,26,27)/t16-,21?/m0/s1. The maximum Gasteiger partial charge on any atom is 0.416 e. The van der Waals surface area contributed by atoms with Crippen molar-refractivity contribution in [3.8, 4) is 5.75 Å². The molecule has 1 aliphatic rings. The van der Waals surface area contributed by atoms with E-state index < -0.39 is 11.7 Å². The molecule has 1 saturated heterocycles. The van der Waals surface area contributed by atoms with Crippen molar-refractivity contribution in [1.29, 1.82) is 0 Å². The van der Waals surface area contributed by atoms with Crippen molar-refractivity contribution in [2.75, 3.05) is 17.3 Å². The molecular formula is C24H26N4O3. The molecule has 0 spiro atoms. The van der Waals surface area contributed by atoms with Gasteiger partial charge in [-0.05, 0) is 50.1 Å². The Hall–Kier alpha value is -3.61. The molecule has 1 aromatic heterocycles. The van der Waals surface area contributed by atoms with Crippen LogP contribution in [0.1, 0.15) is 44.0 Å². The van der Waals surface area contributed by atoms with E-state index in [2.05, 4.69) is 15.3 Å². The highest BCUT2D eigenvalue weighted by molar-refractivity contribution is 5.90. The number of benzene rings is 2. The highest BCUT2D eigenvalue weighted by atomic mass is 16.6. The molecule has 4 rings (SSSR count). The normalized spacial score (nSPS) is 18.4. The maximum absolute atomic E-state index is 12.9. The fourth-order valence-electron chi connectivity index (χ4n) is 3.88. The number of carbonyl (C=O) groups is 1. The number of hydrogen-bond donors (Lipinski definition) is 1. The Balaban J connectivity index is 1.65. The van der Waals surface area contributed by atoms with Crippen LogP contribution in [-0.4, -0.2) is 28.8 Å². The molecule has 3 aromatic rings. The molecule has 1 fully saturated rings. The van der Waals surface area contributed by atoms with Crippen molar-refractivity contribution in [2.45, 2.75) is 38.5 Å².